The van der Waals surface area contributed by atoms with Gasteiger partial charge in [0.05, 0.1) is 44.5 Å². The van der Waals surface area contributed by atoms with Crippen molar-refractivity contribution in [3.8, 4) is 23.0 Å². The van der Waals surface area contributed by atoms with Crippen LogP contribution in [0.25, 0.3) is 5.76 Å². The van der Waals surface area contributed by atoms with Gasteiger partial charge in [0.2, 0.25) is 0 Å². The minimum Gasteiger partial charge on any atom is -0.507 e. The number of rotatable bonds is 9. The normalized spacial score (nSPS) is 16.5. The number of halogens is 1. The molecule has 0 aliphatic carbocycles. The summed E-state index contributed by atoms with van der Waals surface area (Å²) < 4.78 is 21.5. The molecular formula is C28H26ClNO7. The van der Waals surface area contributed by atoms with Crippen LogP contribution in [0.4, 0.5) is 0 Å². The van der Waals surface area contributed by atoms with Crippen LogP contribution in [-0.4, -0.2) is 56.2 Å². The van der Waals surface area contributed by atoms with Gasteiger partial charge in [0, 0.05) is 5.56 Å². The van der Waals surface area contributed by atoms with Gasteiger partial charge in [-0.25, -0.2) is 0 Å². The highest BCUT2D eigenvalue weighted by atomic mass is 35.5. The van der Waals surface area contributed by atoms with Gasteiger partial charge < -0.3 is 29.0 Å². The van der Waals surface area contributed by atoms with Gasteiger partial charge in [0.25, 0.3) is 11.7 Å². The van der Waals surface area contributed by atoms with Crippen molar-refractivity contribution in [2.75, 3.05) is 34.5 Å². The lowest BCUT2D eigenvalue weighted by atomic mass is 9.95. The fourth-order valence-electron chi connectivity index (χ4n) is 4.14. The first-order valence-electron chi connectivity index (χ1n) is 11.4. The van der Waals surface area contributed by atoms with Crippen LogP contribution in [-0.2, 0) is 9.59 Å². The molecule has 0 radical (unpaired) electrons. The zero-order valence-corrected chi connectivity index (χ0v) is 21.3. The zero-order valence-electron chi connectivity index (χ0n) is 20.6. The average molecular weight is 524 g/mol. The summed E-state index contributed by atoms with van der Waals surface area (Å²) in [6.45, 7) is 0.231. The van der Waals surface area contributed by atoms with Crippen molar-refractivity contribution in [2.24, 2.45) is 0 Å². The van der Waals surface area contributed by atoms with Gasteiger partial charge in [0.1, 0.15) is 35.4 Å². The number of amides is 1. The zero-order chi connectivity index (χ0) is 26.5. The summed E-state index contributed by atoms with van der Waals surface area (Å²) in [6, 6.07) is 17.8. The second kappa shape index (κ2) is 11.3. The van der Waals surface area contributed by atoms with E-state index in [2.05, 4.69) is 0 Å². The van der Waals surface area contributed by atoms with E-state index in [4.69, 9.17) is 30.5 Å². The smallest absolute Gasteiger partial charge is 0.295 e. The highest BCUT2D eigenvalue weighted by molar-refractivity contribution is 6.46. The summed E-state index contributed by atoms with van der Waals surface area (Å²) in [4.78, 5) is 27.8. The molecular weight excluding hydrogens is 498 g/mol. The monoisotopic (exact) mass is 523 g/mol. The van der Waals surface area contributed by atoms with E-state index in [1.165, 1.54) is 18.1 Å². The summed E-state index contributed by atoms with van der Waals surface area (Å²) in [6.07, 6.45) is 0. The minimum absolute atomic E-state index is 0.0380. The number of Topliss-reactive ketones (excluding diaryl/α,β-unsaturated/α-hetero) is 1. The van der Waals surface area contributed by atoms with E-state index in [0.29, 0.717) is 39.1 Å². The van der Waals surface area contributed by atoms with Crippen molar-refractivity contribution in [3.63, 3.8) is 0 Å². The molecule has 9 heteroatoms. The van der Waals surface area contributed by atoms with Gasteiger partial charge in [-0.2, -0.15) is 0 Å². The summed E-state index contributed by atoms with van der Waals surface area (Å²) >= 11 is 6.13. The number of carbonyl (C=O) groups excluding carboxylic acids is 2. The van der Waals surface area contributed by atoms with Gasteiger partial charge >= 0.3 is 0 Å². The van der Waals surface area contributed by atoms with Crippen LogP contribution >= 0.6 is 11.6 Å². The van der Waals surface area contributed by atoms with E-state index in [0.717, 1.165) is 0 Å². The predicted molar refractivity (Wildman–Crippen MR) is 138 cm³/mol. The molecule has 1 aliphatic heterocycles. The lowest BCUT2D eigenvalue weighted by molar-refractivity contribution is -0.140. The van der Waals surface area contributed by atoms with E-state index in [1.54, 1.807) is 74.9 Å². The molecule has 1 unspecified atom stereocenters. The first-order chi connectivity index (χ1) is 17.9. The van der Waals surface area contributed by atoms with Crippen LogP contribution < -0.4 is 18.9 Å². The molecule has 1 aliphatic rings. The molecule has 1 amide bonds. The molecule has 3 aromatic carbocycles. The molecule has 1 saturated heterocycles. The Bertz CT molecular complexity index is 1320. The quantitative estimate of drug-likeness (QED) is 0.243. The van der Waals surface area contributed by atoms with Crippen molar-refractivity contribution in [1.82, 2.24) is 4.90 Å². The fraction of sp³-hybridized carbons (Fsp3) is 0.214. The van der Waals surface area contributed by atoms with Gasteiger partial charge in [0.15, 0.2) is 0 Å². The Morgan fingerprint density at radius 2 is 1.46 bits per heavy atom. The van der Waals surface area contributed by atoms with Gasteiger partial charge in [-0.15, -0.1) is 0 Å². The summed E-state index contributed by atoms with van der Waals surface area (Å²) in [5.41, 5.74) is 0.892. The second-order valence-electron chi connectivity index (χ2n) is 8.14. The van der Waals surface area contributed by atoms with Crippen LogP contribution in [0, 0.1) is 0 Å². The topological polar surface area (TPSA) is 94.5 Å². The van der Waals surface area contributed by atoms with Crippen molar-refractivity contribution in [1.29, 1.82) is 0 Å². The van der Waals surface area contributed by atoms with E-state index in [1.807, 2.05) is 0 Å². The molecule has 1 N–H and O–H groups in total. The first kappa shape index (κ1) is 25.9. The third-order valence-corrected chi connectivity index (χ3v) is 6.37. The summed E-state index contributed by atoms with van der Waals surface area (Å²) in [7, 11) is 4.57. The number of nitrogens with zero attached hydrogens (tertiary/aromatic N) is 1. The van der Waals surface area contributed by atoms with E-state index < -0.39 is 17.7 Å². The maximum absolute atomic E-state index is 13.2. The third-order valence-electron chi connectivity index (χ3n) is 6.06. The van der Waals surface area contributed by atoms with Crippen LogP contribution in [0.15, 0.2) is 72.3 Å². The Morgan fingerprint density at radius 3 is 2.05 bits per heavy atom. The van der Waals surface area contributed by atoms with Gasteiger partial charge in [-0.1, -0.05) is 23.7 Å². The molecule has 1 atom stereocenters. The van der Waals surface area contributed by atoms with Crippen LogP contribution in [0.2, 0.25) is 5.02 Å². The number of hydrogen-bond donors (Lipinski definition) is 1. The molecule has 0 spiro atoms. The summed E-state index contributed by atoms with van der Waals surface area (Å²) in [5.74, 6) is 0.369. The average Bonchev–Trinajstić information content (AvgIpc) is 3.18. The fourth-order valence-corrected chi connectivity index (χ4v) is 4.33. The maximum Gasteiger partial charge on any atom is 0.295 e. The number of likely N-dealkylation sites (tertiary alicyclic amines) is 1. The van der Waals surface area contributed by atoms with Crippen LogP contribution in [0.1, 0.15) is 17.2 Å². The van der Waals surface area contributed by atoms with Crippen molar-refractivity contribution in [3.05, 3.63) is 88.5 Å². The lowest BCUT2D eigenvalue weighted by Gasteiger charge is -2.25. The number of aliphatic hydroxyl groups is 1. The molecule has 0 aromatic heterocycles. The molecule has 0 bridgehead atoms. The molecule has 1 heterocycles. The number of carbonyl (C=O) groups is 2. The molecule has 37 heavy (non-hydrogen) atoms. The van der Waals surface area contributed by atoms with Crippen LogP contribution in [0.3, 0.4) is 0 Å². The number of ketones is 1. The molecule has 0 saturated carbocycles. The highest BCUT2D eigenvalue weighted by Gasteiger charge is 2.46. The van der Waals surface area contributed by atoms with E-state index in [9.17, 15) is 14.7 Å². The van der Waals surface area contributed by atoms with E-state index in [-0.39, 0.29) is 24.5 Å². The lowest BCUT2D eigenvalue weighted by Crippen LogP contribution is -2.33. The first-order valence-corrected chi connectivity index (χ1v) is 11.8. The molecule has 192 valence electrons. The minimum atomic E-state index is -0.841. The molecule has 4 rings (SSSR count). The van der Waals surface area contributed by atoms with Crippen molar-refractivity contribution < 1.29 is 33.6 Å². The number of benzene rings is 3. The standard InChI is InChI=1S/C28H26ClNO7/c1-34-19-7-4-17(5-8-19)25-24(26(31)18-6-13-22(29)23(16-18)36-3)27(32)28(33)30(25)14-15-37-21-11-9-20(35-2)10-12-21/h4-13,16,25,31H,14-15H2,1-3H3/b26-24-. The Balaban J connectivity index is 1.69. The predicted octanol–water partition coefficient (Wildman–Crippen LogP) is 4.87. The second-order valence-corrected chi connectivity index (χ2v) is 8.55. The number of ether oxygens (including phenoxy) is 4. The number of methoxy groups -OCH3 is 3. The number of hydrogen-bond acceptors (Lipinski definition) is 7. The number of aliphatic hydroxyl groups excluding tert-OH is 1. The van der Waals surface area contributed by atoms with Crippen molar-refractivity contribution >= 4 is 29.1 Å². The molecule has 1 fully saturated rings. The summed E-state index contributed by atoms with van der Waals surface area (Å²) in [5, 5.41) is 11.6. The van der Waals surface area contributed by atoms with Gasteiger partial charge in [-0.3, -0.25) is 9.59 Å². The SMILES string of the molecule is COc1ccc(OCCN2C(=O)C(=O)/C(=C(\O)c3ccc(Cl)c(OC)c3)C2c2ccc(OC)cc2)cc1. The maximum atomic E-state index is 13.2. The Labute approximate surface area is 219 Å². The molecule has 8 nitrogen and oxygen atoms in total. The van der Waals surface area contributed by atoms with Crippen LogP contribution in [0.5, 0.6) is 23.0 Å². The largest absolute Gasteiger partial charge is 0.507 e. The Morgan fingerprint density at radius 1 is 0.865 bits per heavy atom. The highest BCUT2D eigenvalue weighted by Crippen LogP contribution is 2.40. The van der Waals surface area contributed by atoms with Crippen molar-refractivity contribution in [2.45, 2.75) is 6.04 Å². The third kappa shape index (κ3) is 5.34. The van der Waals surface area contributed by atoms with E-state index >= 15 is 0 Å². The Hall–Kier alpha value is -4.17. The molecule has 3 aromatic rings. The Kier molecular flexibility index (Phi) is 7.89. The van der Waals surface area contributed by atoms with Gasteiger partial charge in [-0.05, 0) is 60.2 Å².